The Morgan fingerprint density at radius 3 is 1.79 bits per heavy atom. The summed E-state index contributed by atoms with van der Waals surface area (Å²) in [7, 11) is 0. The molecular formula is C18H23Cl2N4+. The van der Waals surface area contributed by atoms with E-state index >= 15 is 0 Å². The zero-order chi connectivity index (χ0) is 17.0. The van der Waals surface area contributed by atoms with E-state index in [2.05, 4.69) is 33.9 Å². The van der Waals surface area contributed by atoms with Gasteiger partial charge in [0.25, 0.3) is 0 Å². The van der Waals surface area contributed by atoms with Crippen molar-refractivity contribution in [2.75, 3.05) is 32.7 Å². The fraction of sp³-hybridized carbons (Fsp3) is 0.444. The molecule has 0 amide bonds. The van der Waals surface area contributed by atoms with Gasteiger partial charge >= 0.3 is 0 Å². The lowest BCUT2D eigenvalue weighted by Gasteiger charge is -2.45. The molecule has 128 valence electrons. The van der Waals surface area contributed by atoms with Crippen LogP contribution in [0.15, 0.2) is 36.7 Å². The third-order valence-electron chi connectivity index (χ3n) is 4.84. The van der Waals surface area contributed by atoms with Gasteiger partial charge in [0.2, 0.25) is 0 Å². The second-order valence-electron chi connectivity index (χ2n) is 6.52. The maximum Gasteiger partial charge on any atom is 0.129 e. The summed E-state index contributed by atoms with van der Waals surface area (Å²) in [6, 6.07) is 7.92. The Balaban J connectivity index is 1.80. The molecule has 3 rings (SSSR count). The molecule has 0 bridgehead atoms. The minimum atomic E-state index is 0.544. The lowest BCUT2D eigenvalue weighted by molar-refractivity contribution is -0.957. The molecule has 0 unspecified atom stereocenters. The predicted octanol–water partition coefficient (Wildman–Crippen LogP) is 3.64. The number of nitrogens with zero attached hydrogens (tertiary/aromatic N) is 4. The number of aromatic nitrogens is 2. The van der Waals surface area contributed by atoms with Gasteiger partial charge < -0.3 is 4.48 Å². The van der Waals surface area contributed by atoms with Crippen LogP contribution in [0, 0.1) is 0 Å². The molecule has 3 heterocycles. The lowest BCUT2D eigenvalue weighted by atomic mass is 10.1. The highest BCUT2D eigenvalue weighted by Gasteiger charge is 2.33. The summed E-state index contributed by atoms with van der Waals surface area (Å²) in [4.78, 5) is 11.0. The van der Waals surface area contributed by atoms with Crippen molar-refractivity contribution in [3.05, 3.63) is 58.1 Å². The Bertz CT molecular complexity index is 600. The predicted molar refractivity (Wildman–Crippen MR) is 98.0 cm³/mol. The van der Waals surface area contributed by atoms with Crippen molar-refractivity contribution in [3.8, 4) is 0 Å². The second-order valence-corrected chi connectivity index (χ2v) is 7.29. The summed E-state index contributed by atoms with van der Waals surface area (Å²) < 4.78 is 1.02. The van der Waals surface area contributed by atoms with Crippen molar-refractivity contribution in [2.24, 2.45) is 0 Å². The van der Waals surface area contributed by atoms with E-state index in [1.54, 1.807) is 0 Å². The third kappa shape index (κ3) is 4.45. The summed E-state index contributed by atoms with van der Waals surface area (Å²) in [6.07, 6.45) is 3.79. The van der Waals surface area contributed by atoms with Gasteiger partial charge in [0.15, 0.2) is 0 Å². The fourth-order valence-electron chi connectivity index (χ4n) is 3.39. The zero-order valence-corrected chi connectivity index (χ0v) is 15.5. The highest BCUT2D eigenvalue weighted by atomic mass is 35.5. The van der Waals surface area contributed by atoms with Crippen LogP contribution in [0.25, 0.3) is 0 Å². The highest BCUT2D eigenvalue weighted by molar-refractivity contribution is 6.29. The summed E-state index contributed by atoms with van der Waals surface area (Å²) in [5.74, 6) is 0. The molecule has 0 N–H and O–H groups in total. The van der Waals surface area contributed by atoms with Crippen LogP contribution in [-0.2, 0) is 13.1 Å². The van der Waals surface area contributed by atoms with E-state index in [0.29, 0.717) is 10.3 Å². The second kappa shape index (κ2) is 7.79. The number of pyridine rings is 2. The fourth-order valence-corrected chi connectivity index (χ4v) is 3.62. The lowest BCUT2D eigenvalue weighted by Crippen LogP contribution is -2.58. The largest absolute Gasteiger partial charge is 0.314 e. The molecule has 0 saturated carbocycles. The summed E-state index contributed by atoms with van der Waals surface area (Å²) in [6.45, 7) is 9.77. The van der Waals surface area contributed by atoms with Gasteiger partial charge in [0, 0.05) is 36.6 Å². The molecule has 24 heavy (non-hydrogen) atoms. The average molecular weight is 366 g/mol. The highest BCUT2D eigenvalue weighted by Crippen LogP contribution is 2.23. The van der Waals surface area contributed by atoms with Crippen LogP contribution in [-0.4, -0.2) is 52.1 Å². The number of rotatable bonds is 5. The Kier molecular flexibility index (Phi) is 5.72. The van der Waals surface area contributed by atoms with Crippen molar-refractivity contribution in [3.63, 3.8) is 0 Å². The van der Waals surface area contributed by atoms with E-state index in [1.807, 2.05) is 24.5 Å². The first-order valence-corrected chi connectivity index (χ1v) is 9.12. The molecule has 0 radical (unpaired) electrons. The van der Waals surface area contributed by atoms with Crippen LogP contribution < -0.4 is 0 Å². The maximum atomic E-state index is 5.93. The van der Waals surface area contributed by atoms with Crippen molar-refractivity contribution >= 4 is 23.2 Å². The molecular weight excluding hydrogens is 343 g/mol. The first kappa shape index (κ1) is 17.6. The standard InChI is InChI=1S/C18H23Cl2N4/c1-2-23-7-9-24(10-8-23,13-15-3-5-17(19)21-11-15)14-16-4-6-18(20)22-12-16/h3-6,11-12H,2,7-10,13-14H2,1H3/q+1. The number of hydrogen-bond donors (Lipinski definition) is 0. The molecule has 1 saturated heterocycles. The molecule has 0 atom stereocenters. The summed E-state index contributed by atoms with van der Waals surface area (Å²) in [5.41, 5.74) is 2.46. The molecule has 4 nitrogen and oxygen atoms in total. The molecule has 1 fully saturated rings. The molecule has 6 heteroatoms. The van der Waals surface area contributed by atoms with Crippen LogP contribution in [0.4, 0.5) is 0 Å². The number of hydrogen-bond acceptors (Lipinski definition) is 3. The van der Waals surface area contributed by atoms with E-state index in [4.69, 9.17) is 23.2 Å². The van der Waals surface area contributed by atoms with Crippen LogP contribution >= 0.6 is 23.2 Å². The molecule has 0 spiro atoms. The first-order chi connectivity index (χ1) is 11.6. The Hall–Kier alpha value is -1.20. The van der Waals surface area contributed by atoms with E-state index < -0.39 is 0 Å². The third-order valence-corrected chi connectivity index (χ3v) is 5.29. The number of halogens is 2. The smallest absolute Gasteiger partial charge is 0.129 e. The molecule has 1 aliphatic heterocycles. The Labute approximate surface area is 153 Å². The van der Waals surface area contributed by atoms with Crippen LogP contribution in [0.2, 0.25) is 10.3 Å². The molecule has 1 aliphatic rings. The van der Waals surface area contributed by atoms with Gasteiger partial charge in [-0.2, -0.15) is 0 Å². The van der Waals surface area contributed by atoms with E-state index in [9.17, 15) is 0 Å². The van der Waals surface area contributed by atoms with Crippen LogP contribution in [0.1, 0.15) is 18.1 Å². The van der Waals surface area contributed by atoms with Gasteiger partial charge in [-0.05, 0) is 30.8 Å². The first-order valence-electron chi connectivity index (χ1n) is 8.37. The van der Waals surface area contributed by atoms with Gasteiger partial charge in [-0.15, -0.1) is 0 Å². The monoisotopic (exact) mass is 365 g/mol. The summed E-state index contributed by atoms with van der Waals surface area (Å²) in [5, 5.41) is 1.09. The van der Waals surface area contributed by atoms with Gasteiger partial charge in [-0.25, -0.2) is 9.97 Å². The van der Waals surface area contributed by atoms with Gasteiger partial charge in [0.1, 0.15) is 23.4 Å². The van der Waals surface area contributed by atoms with Crippen LogP contribution in [0.3, 0.4) is 0 Å². The quantitative estimate of drug-likeness (QED) is 0.598. The zero-order valence-electron chi connectivity index (χ0n) is 14.0. The van der Waals surface area contributed by atoms with E-state index in [1.165, 1.54) is 11.1 Å². The Morgan fingerprint density at radius 1 is 0.917 bits per heavy atom. The average Bonchev–Trinajstić information content (AvgIpc) is 2.60. The van der Waals surface area contributed by atoms with Gasteiger partial charge in [-0.3, -0.25) is 4.90 Å². The molecule has 0 aliphatic carbocycles. The molecule has 2 aromatic rings. The minimum absolute atomic E-state index is 0.544. The van der Waals surface area contributed by atoms with Crippen molar-refractivity contribution in [1.29, 1.82) is 0 Å². The van der Waals surface area contributed by atoms with E-state index in [-0.39, 0.29) is 0 Å². The maximum absolute atomic E-state index is 5.93. The van der Waals surface area contributed by atoms with Gasteiger partial charge in [-0.1, -0.05) is 30.1 Å². The number of piperazine rings is 1. The number of likely N-dealkylation sites (N-methyl/N-ethyl adjacent to an activating group) is 1. The summed E-state index contributed by atoms with van der Waals surface area (Å²) >= 11 is 11.9. The SMILES string of the molecule is CCN1CC[N+](Cc2ccc(Cl)nc2)(Cc2ccc(Cl)nc2)CC1. The molecule has 2 aromatic heterocycles. The van der Waals surface area contributed by atoms with E-state index in [0.717, 1.165) is 50.3 Å². The molecule has 0 aromatic carbocycles. The Morgan fingerprint density at radius 2 is 1.42 bits per heavy atom. The van der Waals surface area contributed by atoms with Crippen molar-refractivity contribution in [2.45, 2.75) is 20.0 Å². The minimum Gasteiger partial charge on any atom is -0.314 e. The normalized spacial score (nSPS) is 17.8. The topological polar surface area (TPSA) is 29.0 Å². The van der Waals surface area contributed by atoms with Crippen molar-refractivity contribution in [1.82, 2.24) is 14.9 Å². The number of quaternary nitrogens is 1. The van der Waals surface area contributed by atoms with Gasteiger partial charge in [0.05, 0.1) is 13.1 Å². The van der Waals surface area contributed by atoms with Crippen molar-refractivity contribution < 1.29 is 4.48 Å². The van der Waals surface area contributed by atoms with Crippen LogP contribution in [0.5, 0.6) is 0 Å².